The van der Waals surface area contributed by atoms with E-state index in [-0.39, 0.29) is 29.3 Å². The average Bonchev–Trinajstić information content (AvgIpc) is 3.10. The number of sulfone groups is 1. The van der Waals surface area contributed by atoms with Crippen LogP contribution in [0, 0.1) is 6.92 Å². The van der Waals surface area contributed by atoms with E-state index in [1.54, 1.807) is 6.92 Å². The molecule has 2 heterocycles. The lowest BCUT2D eigenvalue weighted by molar-refractivity contribution is -0.138. The maximum atomic E-state index is 12.5. The summed E-state index contributed by atoms with van der Waals surface area (Å²) in [6, 6.07) is 0.911. The summed E-state index contributed by atoms with van der Waals surface area (Å²) in [5, 5.41) is 3.58. The first-order valence-electron chi connectivity index (χ1n) is 7.85. The smallest absolute Gasteiger partial charge is 0.377 e. The first-order valence-corrected chi connectivity index (χ1v) is 9.67. The molecule has 1 aromatic heterocycles. The van der Waals surface area contributed by atoms with Crippen molar-refractivity contribution in [3.05, 3.63) is 17.5 Å². The predicted molar refractivity (Wildman–Crippen MR) is 85.2 cm³/mol. The fourth-order valence-corrected chi connectivity index (χ4v) is 4.44. The molecule has 0 aromatic carbocycles. The molecular formula is C15H22N2O6S. The average molecular weight is 358 g/mol. The quantitative estimate of drug-likeness (QED) is 0.697. The summed E-state index contributed by atoms with van der Waals surface area (Å²) < 4.78 is 33.1. The maximum Gasteiger partial charge on any atom is 0.377 e. The second kappa shape index (κ2) is 7.33. The molecule has 0 bridgehead atoms. The summed E-state index contributed by atoms with van der Waals surface area (Å²) in [6.45, 7) is 4.97. The Labute approximate surface area is 141 Å². The van der Waals surface area contributed by atoms with Crippen LogP contribution in [0.4, 0.5) is 0 Å². The fourth-order valence-electron chi connectivity index (χ4n) is 2.73. The van der Waals surface area contributed by atoms with Gasteiger partial charge in [-0.3, -0.25) is 4.79 Å². The summed E-state index contributed by atoms with van der Waals surface area (Å²) in [7, 11) is -3.11. The van der Waals surface area contributed by atoms with Gasteiger partial charge in [0, 0.05) is 18.2 Å². The van der Waals surface area contributed by atoms with Crippen LogP contribution in [-0.4, -0.2) is 60.5 Å². The molecule has 1 amide bonds. The van der Waals surface area contributed by atoms with E-state index >= 15 is 0 Å². The lowest BCUT2D eigenvalue weighted by atomic mass is 10.1. The number of aryl methyl sites for hydroxylation is 1. The summed E-state index contributed by atoms with van der Waals surface area (Å²) in [5.41, 5.74) is 0.533. The van der Waals surface area contributed by atoms with Crippen LogP contribution in [0.2, 0.25) is 0 Å². The van der Waals surface area contributed by atoms with Crippen molar-refractivity contribution in [3.63, 3.8) is 0 Å². The van der Waals surface area contributed by atoms with E-state index in [0.29, 0.717) is 18.5 Å². The predicted octanol–water partition coefficient (Wildman–Crippen LogP) is 0.954. The number of carbonyl (C=O) groups is 2. The van der Waals surface area contributed by atoms with E-state index in [9.17, 15) is 18.0 Å². The molecular weight excluding hydrogens is 336 g/mol. The van der Waals surface area contributed by atoms with Gasteiger partial charge in [0.1, 0.15) is 0 Å². The summed E-state index contributed by atoms with van der Waals surface area (Å²) in [4.78, 5) is 25.8. The topological polar surface area (TPSA) is 107 Å². The van der Waals surface area contributed by atoms with Crippen molar-refractivity contribution >= 4 is 21.7 Å². The second-order valence-electron chi connectivity index (χ2n) is 6.02. The van der Waals surface area contributed by atoms with Crippen LogP contribution < -0.4 is 0 Å². The van der Waals surface area contributed by atoms with Gasteiger partial charge in [0.2, 0.25) is 5.76 Å². The van der Waals surface area contributed by atoms with Crippen molar-refractivity contribution < 1.29 is 27.3 Å². The Hall–Kier alpha value is -1.90. The van der Waals surface area contributed by atoms with Crippen LogP contribution in [0.1, 0.15) is 42.9 Å². The molecule has 0 unspecified atom stereocenters. The van der Waals surface area contributed by atoms with Crippen LogP contribution in [0.5, 0.6) is 0 Å². The Morgan fingerprint density at radius 2 is 2.21 bits per heavy atom. The molecule has 0 aliphatic carbocycles. The van der Waals surface area contributed by atoms with Gasteiger partial charge in [0.25, 0.3) is 5.91 Å². The molecule has 2 atom stereocenters. The first kappa shape index (κ1) is 18.4. The third kappa shape index (κ3) is 4.34. The largest absolute Gasteiger partial charge is 0.450 e. The molecule has 1 fully saturated rings. The van der Waals surface area contributed by atoms with Gasteiger partial charge in [-0.15, -0.1) is 0 Å². The van der Waals surface area contributed by atoms with Crippen LogP contribution in [-0.2, 0) is 19.4 Å². The Balaban J connectivity index is 2.01. The van der Waals surface area contributed by atoms with Gasteiger partial charge in [-0.1, -0.05) is 12.1 Å². The summed E-state index contributed by atoms with van der Waals surface area (Å²) >= 11 is 0. The Morgan fingerprint density at radius 3 is 2.71 bits per heavy atom. The first-order chi connectivity index (χ1) is 11.2. The minimum Gasteiger partial charge on any atom is -0.450 e. The molecule has 1 aliphatic rings. The van der Waals surface area contributed by atoms with Gasteiger partial charge in [0.05, 0.1) is 17.2 Å². The Kier molecular flexibility index (Phi) is 5.63. The minimum atomic E-state index is -3.11. The normalized spacial score (nSPS) is 20.5. The molecule has 2 rings (SSSR count). The highest BCUT2D eigenvalue weighted by atomic mass is 32.2. The molecule has 24 heavy (non-hydrogen) atoms. The number of nitrogens with zero attached hydrogens (tertiary/aromatic N) is 2. The van der Waals surface area contributed by atoms with E-state index in [0.717, 1.165) is 0 Å². The molecule has 0 N–H and O–H groups in total. The number of hydrogen-bond donors (Lipinski definition) is 0. The molecule has 8 nitrogen and oxygen atoms in total. The number of rotatable bonds is 6. The van der Waals surface area contributed by atoms with Crippen molar-refractivity contribution in [2.45, 2.75) is 45.7 Å². The van der Waals surface area contributed by atoms with Gasteiger partial charge < -0.3 is 14.2 Å². The van der Waals surface area contributed by atoms with Crippen LogP contribution >= 0.6 is 0 Å². The fraction of sp³-hybridized carbons (Fsp3) is 0.667. The van der Waals surface area contributed by atoms with Crippen LogP contribution in [0.25, 0.3) is 0 Å². The molecule has 0 saturated carbocycles. The number of hydrogen-bond acceptors (Lipinski definition) is 7. The molecule has 0 spiro atoms. The van der Waals surface area contributed by atoms with E-state index in [1.807, 2.05) is 13.8 Å². The van der Waals surface area contributed by atoms with Crippen molar-refractivity contribution in [3.8, 4) is 0 Å². The molecule has 134 valence electrons. The number of amides is 1. The second-order valence-corrected chi connectivity index (χ2v) is 8.25. The van der Waals surface area contributed by atoms with Gasteiger partial charge in [-0.05, 0) is 26.7 Å². The zero-order valence-electron chi connectivity index (χ0n) is 14.0. The molecule has 1 aliphatic heterocycles. The molecule has 1 aromatic rings. The Bertz CT molecular complexity index is 711. The molecule has 1 saturated heterocycles. The Morgan fingerprint density at radius 1 is 1.50 bits per heavy atom. The number of carbonyl (C=O) groups excluding carboxylic acids is 2. The number of esters is 1. The molecule has 0 radical (unpaired) electrons. The summed E-state index contributed by atoms with van der Waals surface area (Å²) in [5.74, 6) is -1.21. The van der Waals surface area contributed by atoms with E-state index in [2.05, 4.69) is 5.16 Å². The highest BCUT2D eigenvalue weighted by Crippen LogP contribution is 2.21. The van der Waals surface area contributed by atoms with Crippen molar-refractivity contribution in [1.29, 1.82) is 0 Å². The van der Waals surface area contributed by atoms with E-state index < -0.39 is 28.3 Å². The lowest BCUT2D eigenvalue weighted by Crippen LogP contribution is -2.48. The van der Waals surface area contributed by atoms with Crippen molar-refractivity contribution in [2.24, 2.45) is 0 Å². The number of aromatic nitrogens is 1. The standard InChI is InChI=1S/C15H22N2O6S/c1-4-11(3)17(12-5-6-24(20,21)9-12)14(18)8-22-15(19)13-7-10(2)16-23-13/h7,11-12H,4-6,8-9H2,1-3H3/t11-,12-/m0/s1. The van der Waals surface area contributed by atoms with Crippen molar-refractivity contribution in [2.75, 3.05) is 18.1 Å². The maximum absolute atomic E-state index is 12.5. The minimum absolute atomic E-state index is 0.0433. The van der Waals surface area contributed by atoms with Crippen LogP contribution in [0.15, 0.2) is 10.6 Å². The zero-order valence-corrected chi connectivity index (χ0v) is 14.8. The summed E-state index contributed by atoms with van der Waals surface area (Å²) in [6.07, 6.45) is 1.09. The van der Waals surface area contributed by atoms with Crippen LogP contribution in [0.3, 0.4) is 0 Å². The van der Waals surface area contributed by atoms with E-state index in [1.165, 1.54) is 11.0 Å². The van der Waals surface area contributed by atoms with Gasteiger partial charge in [-0.25, -0.2) is 13.2 Å². The third-order valence-electron chi connectivity index (χ3n) is 4.11. The zero-order chi connectivity index (χ0) is 17.9. The van der Waals surface area contributed by atoms with Gasteiger partial charge in [0.15, 0.2) is 16.4 Å². The SMILES string of the molecule is CC[C@H](C)N(C(=O)COC(=O)c1cc(C)no1)[C@H]1CCS(=O)(=O)C1. The highest BCUT2D eigenvalue weighted by Gasteiger charge is 2.36. The third-order valence-corrected chi connectivity index (χ3v) is 5.86. The molecule has 9 heteroatoms. The van der Waals surface area contributed by atoms with Gasteiger partial charge in [-0.2, -0.15) is 0 Å². The number of ether oxygens (including phenoxy) is 1. The van der Waals surface area contributed by atoms with Gasteiger partial charge >= 0.3 is 5.97 Å². The lowest BCUT2D eigenvalue weighted by Gasteiger charge is -2.33. The highest BCUT2D eigenvalue weighted by molar-refractivity contribution is 7.91. The van der Waals surface area contributed by atoms with Crippen molar-refractivity contribution in [1.82, 2.24) is 10.1 Å². The van der Waals surface area contributed by atoms with E-state index in [4.69, 9.17) is 9.26 Å². The monoisotopic (exact) mass is 358 g/mol.